The van der Waals surface area contributed by atoms with E-state index in [4.69, 9.17) is 4.74 Å². The van der Waals surface area contributed by atoms with Gasteiger partial charge in [-0.1, -0.05) is 0 Å². The SMILES string of the molecule is Cn1nc(I)cc1C(=O)Nc1cc(Oc2ccc3nc(NC(=O)C4CC4)cn3n2)ccc1F. The zero-order valence-corrected chi connectivity index (χ0v) is 19.4. The summed E-state index contributed by atoms with van der Waals surface area (Å²) < 4.78 is 23.6. The van der Waals surface area contributed by atoms with E-state index in [1.54, 1.807) is 31.4 Å². The van der Waals surface area contributed by atoms with Crippen LogP contribution in [0.25, 0.3) is 5.65 Å². The number of ether oxygens (including phenoxy) is 1. The molecule has 0 saturated heterocycles. The predicted molar refractivity (Wildman–Crippen MR) is 125 cm³/mol. The number of imidazole rings is 1. The number of hydrogen-bond donors (Lipinski definition) is 2. The number of nitrogens with zero attached hydrogens (tertiary/aromatic N) is 5. The summed E-state index contributed by atoms with van der Waals surface area (Å²) in [5.41, 5.74) is 0.788. The number of amides is 2. The van der Waals surface area contributed by atoms with Gasteiger partial charge in [0.25, 0.3) is 5.91 Å². The van der Waals surface area contributed by atoms with E-state index in [9.17, 15) is 14.0 Å². The van der Waals surface area contributed by atoms with Crippen molar-refractivity contribution in [3.8, 4) is 11.6 Å². The monoisotopic (exact) mass is 561 g/mol. The fourth-order valence-corrected chi connectivity index (χ4v) is 3.79. The molecule has 0 aliphatic heterocycles. The standard InChI is InChI=1S/C21H17FIN7O3/c1-29-15(9-16(23)27-29)21(32)24-14-8-12(4-5-13(14)22)33-19-7-6-18-25-17(10-30(18)28-19)26-20(31)11-2-3-11/h4-11H,2-3H2,1H3,(H,24,32)(H,26,31). The van der Waals surface area contributed by atoms with Gasteiger partial charge in [0.2, 0.25) is 11.8 Å². The molecule has 2 N–H and O–H groups in total. The van der Waals surface area contributed by atoms with E-state index in [0.29, 0.717) is 20.9 Å². The highest BCUT2D eigenvalue weighted by Gasteiger charge is 2.30. The molecular weight excluding hydrogens is 544 g/mol. The molecule has 1 aliphatic rings. The highest BCUT2D eigenvalue weighted by molar-refractivity contribution is 14.1. The lowest BCUT2D eigenvalue weighted by Gasteiger charge is -2.10. The van der Waals surface area contributed by atoms with Gasteiger partial charge in [-0.2, -0.15) is 5.10 Å². The maximum atomic E-state index is 14.3. The Morgan fingerprint density at radius 2 is 1.97 bits per heavy atom. The summed E-state index contributed by atoms with van der Waals surface area (Å²) in [5.74, 6) is -0.170. The number of carbonyl (C=O) groups is 2. The van der Waals surface area contributed by atoms with Crippen LogP contribution >= 0.6 is 22.6 Å². The molecular formula is C21H17FIN7O3. The van der Waals surface area contributed by atoms with E-state index in [1.807, 2.05) is 22.6 Å². The second-order valence-corrected chi connectivity index (χ2v) is 8.64. The van der Waals surface area contributed by atoms with Crippen LogP contribution in [0.5, 0.6) is 11.6 Å². The van der Waals surface area contributed by atoms with Crippen LogP contribution in [0.4, 0.5) is 15.9 Å². The van der Waals surface area contributed by atoms with Crippen LogP contribution in [0, 0.1) is 15.4 Å². The molecule has 33 heavy (non-hydrogen) atoms. The molecule has 2 amide bonds. The van der Waals surface area contributed by atoms with Gasteiger partial charge in [0.15, 0.2) is 11.5 Å². The van der Waals surface area contributed by atoms with E-state index >= 15 is 0 Å². The van der Waals surface area contributed by atoms with Gasteiger partial charge in [-0.3, -0.25) is 14.3 Å². The molecule has 0 unspecified atom stereocenters. The normalized spacial score (nSPS) is 13.2. The minimum Gasteiger partial charge on any atom is -0.438 e. The van der Waals surface area contributed by atoms with Crippen LogP contribution in [-0.4, -0.2) is 36.2 Å². The largest absolute Gasteiger partial charge is 0.438 e. The van der Waals surface area contributed by atoms with Crippen molar-refractivity contribution in [2.24, 2.45) is 13.0 Å². The maximum Gasteiger partial charge on any atom is 0.274 e. The number of hydrogen-bond acceptors (Lipinski definition) is 6. The van der Waals surface area contributed by atoms with E-state index in [0.717, 1.165) is 12.8 Å². The molecule has 0 radical (unpaired) electrons. The average molecular weight is 561 g/mol. The summed E-state index contributed by atoms with van der Waals surface area (Å²) in [7, 11) is 1.63. The Bertz CT molecular complexity index is 1400. The Balaban J connectivity index is 1.32. The highest BCUT2D eigenvalue weighted by Crippen LogP contribution is 2.30. The molecule has 4 aromatic rings. The fourth-order valence-electron chi connectivity index (χ4n) is 3.17. The van der Waals surface area contributed by atoms with E-state index in [1.165, 1.54) is 27.4 Å². The third-order valence-corrected chi connectivity index (χ3v) is 5.51. The van der Waals surface area contributed by atoms with Crippen molar-refractivity contribution in [3.63, 3.8) is 0 Å². The molecule has 0 spiro atoms. The third-order valence-electron chi connectivity index (χ3n) is 4.99. The molecule has 0 bridgehead atoms. The van der Waals surface area contributed by atoms with Gasteiger partial charge >= 0.3 is 0 Å². The Kier molecular flexibility index (Phi) is 5.44. The predicted octanol–water partition coefficient (Wildman–Crippen LogP) is 3.60. The number of halogens is 2. The average Bonchev–Trinajstić information content (AvgIpc) is 3.46. The van der Waals surface area contributed by atoms with Crippen LogP contribution < -0.4 is 15.4 Å². The third kappa shape index (κ3) is 4.65. The van der Waals surface area contributed by atoms with Crippen LogP contribution in [0.3, 0.4) is 0 Å². The zero-order valence-electron chi connectivity index (χ0n) is 17.2. The Hall–Kier alpha value is -3.55. The molecule has 1 saturated carbocycles. The van der Waals surface area contributed by atoms with Crippen molar-refractivity contribution in [3.05, 3.63) is 57.8 Å². The first-order chi connectivity index (χ1) is 15.9. The Morgan fingerprint density at radius 1 is 1.15 bits per heavy atom. The van der Waals surface area contributed by atoms with Crippen molar-refractivity contribution >= 4 is 51.6 Å². The van der Waals surface area contributed by atoms with Crippen molar-refractivity contribution < 1.29 is 18.7 Å². The summed E-state index contributed by atoms with van der Waals surface area (Å²) in [6.07, 6.45) is 3.39. The first kappa shape index (κ1) is 21.3. The van der Waals surface area contributed by atoms with Crippen molar-refractivity contribution in [2.75, 3.05) is 10.6 Å². The molecule has 0 atom stereocenters. The van der Waals surface area contributed by atoms with Crippen LogP contribution in [0.2, 0.25) is 0 Å². The van der Waals surface area contributed by atoms with Gasteiger partial charge in [-0.15, -0.1) is 5.10 Å². The number of carbonyl (C=O) groups excluding carboxylic acids is 2. The maximum absolute atomic E-state index is 14.3. The summed E-state index contributed by atoms with van der Waals surface area (Å²) in [6.45, 7) is 0. The molecule has 5 rings (SSSR count). The molecule has 12 heteroatoms. The molecule has 1 aromatic carbocycles. The van der Waals surface area contributed by atoms with E-state index in [-0.39, 0.29) is 29.1 Å². The van der Waals surface area contributed by atoms with Gasteiger partial charge in [-0.25, -0.2) is 13.9 Å². The molecule has 1 fully saturated rings. The fraction of sp³-hybridized carbons (Fsp3) is 0.190. The topological polar surface area (TPSA) is 115 Å². The van der Waals surface area contributed by atoms with E-state index < -0.39 is 11.7 Å². The highest BCUT2D eigenvalue weighted by atomic mass is 127. The first-order valence-corrected chi connectivity index (χ1v) is 11.1. The lowest BCUT2D eigenvalue weighted by molar-refractivity contribution is -0.117. The molecule has 168 valence electrons. The van der Waals surface area contributed by atoms with Gasteiger partial charge in [-0.05, 0) is 53.6 Å². The molecule has 3 aromatic heterocycles. The molecule has 3 heterocycles. The number of rotatable bonds is 6. The van der Waals surface area contributed by atoms with Gasteiger partial charge in [0.1, 0.15) is 21.0 Å². The first-order valence-electron chi connectivity index (χ1n) is 10.0. The number of aromatic nitrogens is 5. The van der Waals surface area contributed by atoms with Gasteiger partial charge < -0.3 is 15.4 Å². The summed E-state index contributed by atoms with van der Waals surface area (Å²) in [4.78, 5) is 28.8. The van der Waals surface area contributed by atoms with Gasteiger partial charge in [0, 0.05) is 31.2 Å². The minimum absolute atomic E-state index is 0.0394. The van der Waals surface area contributed by atoms with Crippen molar-refractivity contribution in [1.82, 2.24) is 24.4 Å². The Morgan fingerprint density at radius 3 is 2.70 bits per heavy atom. The van der Waals surface area contributed by atoms with Crippen molar-refractivity contribution in [2.45, 2.75) is 12.8 Å². The quantitative estimate of drug-likeness (QED) is 0.348. The lowest BCUT2D eigenvalue weighted by Crippen LogP contribution is -2.16. The smallest absolute Gasteiger partial charge is 0.274 e. The second-order valence-electron chi connectivity index (χ2n) is 7.54. The van der Waals surface area contributed by atoms with Crippen LogP contribution in [0.1, 0.15) is 23.3 Å². The molecule has 1 aliphatic carbocycles. The second kappa shape index (κ2) is 8.42. The number of anilines is 2. The minimum atomic E-state index is -0.610. The summed E-state index contributed by atoms with van der Waals surface area (Å²) >= 11 is 1.99. The van der Waals surface area contributed by atoms with Crippen LogP contribution in [-0.2, 0) is 11.8 Å². The summed E-state index contributed by atoms with van der Waals surface area (Å²) in [6, 6.07) is 8.88. The van der Waals surface area contributed by atoms with Gasteiger partial charge in [0.05, 0.1) is 11.9 Å². The lowest BCUT2D eigenvalue weighted by atomic mass is 10.2. The van der Waals surface area contributed by atoms with Crippen molar-refractivity contribution in [1.29, 1.82) is 0 Å². The summed E-state index contributed by atoms with van der Waals surface area (Å²) in [5, 5.41) is 13.7. The zero-order chi connectivity index (χ0) is 23.1. The number of benzene rings is 1. The van der Waals surface area contributed by atoms with E-state index in [2.05, 4.69) is 25.8 Å². The Labute approximate surface area is 200 Å². The number of fused-ring (bicyclic) bond motifs is 1. The molecule has 10 nitrogen and oxygen atoms in total. The van der Waals surface area contributed by atoms with Crippen LogP contribution in [0.15, 0.2) is 42.6 Å². The number of nitrogens with one attached hydrogen (secondary N) is 2. The number of aryl methyl sites for hydroxylation is 1.